The molecule has 37 heavy (non-hydrogen) atoms. The van der Waals surface area contributed by atoms with Gasteiger partial charge in [-0.1, -0.05) is 60.7 Å². The number of carbonyl (C=O) groups is 1. The van der Waals surface area contributed by atoms with Gasteiger partial charge in [-0.3, -0.25) is 25.8 Å². The topological polar surface area (TPSA) is 122 Å². The number of hydrazine groups is 1. The van der Waals surface area contributed by atoms with E-state index in [9.17, 15) is 14.9 Å². The summed E-state index contributed by atoms with van der Waals surface area (Å²) in [5.74, 6) is 1.28. The molecule has 1 amide bonds. The quantitative estimate of drug-likeness (QED) is 0.294. The molecule has 0 unspecified atom stereocenters. The third kappa shape index (κ3) is 4.61. The molecule has 0 spiro atoms. The number of aromatic nitrogens is 2. The summed E-state index contributed by atoms with van der Waals surface area (Å²) in [4.78, 5) is 33.5. The number of hydrogen-bond acceptors (Lipinski definition) is 7. The summed E-state index contributed by atoms with van der Waals surface area (Å²) in [6, 6.07) is 18.8. The third-order valence-electron chi connectivity index (χ3n) is 8.26. The summed E-state index contributed by atoms with van der Waals surface area (Å²) in [6.45, 7) is 0. The maximum absolute atomic E-state index is 13.4. The number of benzene rings is 2. The minimum Gasteiger partial charge on any atom is -0.359 e. The van der Waals surface area contributed by atoms with Crippen molar-refractivity contribution in [1.29, 1.82) is 0 Å². The molecule has 3 N–H and O–H groups in total. The molecule has 4 aliphatic carbocycles. The molecule has 0 saturated heterocycles. The van der Waals surface area contributed by atoms with Gasteiger partial charge in [0.15, 0.2) is 0 Å². The summed E-state index contributed by atoms with van der Waals surface area (Å²) >= 11 is 0. The van der Waals surface area contributed by atoms with Crippen molar-refractivity contribution in [3.8, 4) is 0 Å². The zero-order valence-electron chi connectivity index (χ0n) is 20.5. The lowest BCUT2D eigenvalue weighted by Gasteiger charge is -2.57. The summed E-state index contributed by atoms with van der Waals surface area (Å²) in [5.41, 5.74) is 6.62. The number of anilines is 2. The Hall–Kier alpha value is -4.01. The van der Waals surface area contributed by atoms with E-state index < -0.39 is 10.8 Å². The van der Waals surface area contributed by atoms with Gasteiger partial charge in [0.2, 0.25) is 17.5 Å². The Morgan fingerprint density at radius 2 is 1.38 bits per heavy atom. The fourth-order valence-corrected chi connectivity index (χ4v) is 7.23. The average Bonchev–Trinajstić information content (AvgIpc) is 2.88. The molecule has 2 aromatic carbocycles. The molecule has 4 aliphatic rings. The molecule has 7 rings (SSSR count). The predicted molar refractivity (Wildman–Crippen MR) is 140 cm³/mol. The maximum atomic E-state index is 13.4. The maximum Gasteiger partial charge on any atom is 0.354 e. The first-order chi connectivity index (χ1) is 18.0. The van der Waals surface area contributed by atoms with Crippen LogP contribution in [0.4, 0.5) is 17.3 Å². The van der Waals surface area contributed by atoms with E-state index in [1.807, 2.05) is 60.7 Å². The normalized spacial score (nSPS) is 25.6. The van der Waals surface area contributed by atoms with Crippen LogP contribution in [-0.2, 0) is 4.79 Å². The molecular weight excluding hydrogens is 468 g/mol. The second-order valence-corrected chi connectivity index (χ2v) is 10.9. The van der Waals surface area contributed by atoms with E-state index in [2.05, 4.69) is 26.1 Å². The Kier molecular flexibility index (Phi) is 5.98. The molecule has 9 heteroatoms. The first kappa shape index (κ1) is 23.4. The fourth-order valence-electron chi connectivity index (χ4n) is 7.23. The Morgan fingerprint density at radius 1 is 0.865 bits per heavy atom. The summed E-state index contributed by atoms with van der Waals surface area (Å²) < 4.78 is 0. The highest BCUT2D eigenvalue weighted by Gasteiger charge is 2.51. The lowest BCUT2D eigenvalue weighted by atomic mass is 9.53. The first-order valence-electron chi connectivity index (χ1n) is 12.9. The van der Waals surface area contributed by atoms with Crippen molar-refractivity contribution in [1.82, 2.24) is 15.4 Å². The number of nitrogens with zero attached hydrogens (tertiary/aromatic N) is 3. The molecule has 0 atom stereocenters. The number of hydrogen-bond donors (Lipinski definition) is 3. The molecule has 4 bridgehead atoms. The molecule has 4 saturated carbocycles. The van der Waals surface area contributed by atoms with Crippen molar-refractivity contribution in [3.63, 3.8) is 0 Å². The van der Waals surface area contributed by atoms with Gasteiger partial charge in [-0.25, -0.2) is 9.97 Å². The van der Waals surface area contributed by atoms with Gasteiger partial charge >= 0.3 is 5.69 Å². The van der Waals surface area contributed by atoms with Crippen LogP contribution < -0.4 is 16.2 Å². The number of nitrogens with one attached hydrogen (secondary N) is 3. The van der Waals surface area contributed by atoms with E-state index in [0.29, 0.717) is 17.8 Å². The van der Waals surface area contributed by atoms with E-state index in [0.717, 1.165) is 30.4 Å². The van der Waals surface area contributed by atoms with Gasteiger partial charge in [-0.05, 0) is 67.4 Å². The highest BCUT2D eigenvalue weighted by Crippen LogP contribution is 2.57. The average molecular weight is 499 g/mol. The molecule has 3 aromatic rings. The zero-order chi connectivity index (χ0) is 25.4. The van der Waals surface area contributed by atoms with E-state index in [4.69, 9.17) is 0 Å². The largest absolute Gasteiger partial charge is 0.359 e. The van der Waals surface area contributed by atoms with Crippen LogP contribution in [0.3, 0.4) is 0 Å². The number of carbonyl (C=O) groups excluding carboxylic acids is 1. The molecule has 0 radical (unpaired) electrons. The molecular formula is C28H30N6O3. The SMILES string of the molecule is O=C(NNc1ncnc(NC23CC4CC(CC(C4)C2)C3)c1[N+](=O)[O-])C(c1ccccc1)c1ccccc1. The molecule has 190 valence electrons. The summed E-state index contributed by atoms with van der Waals surface area (Å²) in [5, 5.41) is 15.7. The highest BCUT2D eigenvalue weighted by atomic mass is 16.6. The van der Waals surface area contributed by atoms with E-state index >= 15 is 0 Å². The second kappa shape index (κ2) is 9.46. The van der Waals surface area contributed by atoms with Crippen molar-refractivity contribution in [2.45, 2.75) is 50.0 Å². The van der Waals surface area contributed by atoms with Crippen LogP contribution in [0.25, 0.3) is 0 Å². The summed E-state index contributed by atoms with van der Waals surface area (Å²) in [6.07, 6.45) is 8.19. The van der Waals surface area contributed by atoms with Crippen molar-refractivity contribution in [3.05, 3.63) is 88.2 Å². The lowest BCUT2D eigenvalue weighted by Crippen LogP contribution is -2.55. The lowest BCUT2D eigenvalue weighted by molar-refractivity contribution is -0.383. The third-order valence-corrected chi connectivity index (χ3v) is 8.26. The van der Waals surface area contributed by atoms with Gasteiger partial charge in [0, 0.05) is 5.54 Å². The zero-order valence-corrected chi connectivity index (χ0v) is 20.5. The van der Waals surface area contributed by atoms with Gasteiger partial charge in [0.25, 0.3) is 0 Å². The summed E-state index contributed by atoms with van der Waals surface area (Å²) in [7, 11) is 0. The number of amides is 1. The molecule has 1 aromatic heterocycles. The van der Waals surface area contributed by atoms with Crippen LogP contribution >= 0.6 is 0 Å². The van der Waals surface area contributed by atoms with Crippen LogP contribution in [0, 0.1) is 27.9 Å². The minimum absolute atomic E-state index is 0.0412. The van der Waals surface area contributed by atoms with Gasteiger partial charge in [-0.15, -0.1) is 0 Å². The van der Waals surface area contributed by atoms with Crippen LogP contribution in [0.5, 0.6) is 0 Å². The smallest absolute Gasteiger partial charge is 0.354 e. The molecule has 1 heterocycles. The number of rotatable bonds is 8. The van der Waals surface area contributed by atoms with Crippen LogP contribution in [0.1, 0.15) is 55.6 Å². The monoisotopic (exact) mass is 498 g/mol. The fraction of sp³-hybridized carbons (Fsp3) is 0.393. The van der Waals surface area contributed by atoms with Crippen molar-refractivity contribution in [2.75, 3.05) is 10.7 Å². The Morgan fingerprint density at radius 3 is 1.89 bits per heavy atom. The Labute approximate surface area is 215 Å². The predicted octanol–water partition coefficient (Wildman–Crippen LogP) is 5.04. The van der Waals surface area contributed by atoms with Gasteiger partial charge in [0.1, 0.15) is 6.33 Å². The minimum atomic E-state index is -0.597. The first-order valence-corrected chi connectivity index (χ1v) is 12.9. The molecule has 4 fully saturated rings. The Balaban J connectivity index is 1.24. The highest BCUT2D eigenvalue weighted by molar-refractivity contribution is 5.88. The van der Waals surface area contributed by atoms with Crippen molar-refractivity contribution in [2.24, 2.45) is 17.8 Å². The van der Waals surface area contributed by atoms with Crippen molar-refractivity contribution >= 4 is 23.2 Å². The van der Waals surface area contributed by atoms with Crippen LogP contribution in [0.2, 0.25) is 0 Å². The van der Waals surface area contributed by atoms with Crippen LogP contribution in [0.15, 0.2) is 67.0 Å². The van der Waals surface area contributed by atoms with Gasteiger partial charge in [0.05, 0.1) is 10.8 Å². The molecule has 0 aliphatic heterocycles. The Bertz CT molecular complexity index is 1230. The standard InChI is InChI=1S/C28H30N6O3/c35-27(23(21-7-3-1-4-8-21)22-9-5-2-6-10-22)33-32-26-24(34(36)37)25(29-17-30-26)31-28-14-18-11-19(15-28)13-20(12-18)16-28/h1-10,17-20,23H,11-16H2,(H,33,35)(H2,29,30,31,32). The van der Waals surface area contributed by atoms with Gasteiger partial charge < -0.3 is 5.32 Å². The van der Waals surface area contributed by atoms with E-state index in [1.54, 1.807) is 0 Å². The van der Waals surface area contributed by atoms with E-state index in [-0.39, 0.29) is 28.8 Å². The van der Waals surface area contributed by atoms with E-state index in [1.165, 1.54) is 25.6 Å². The van der Waals surface area contributed by atoms with Crippen LogP contribution in [-0.4, -0.2) is 26.3 Å². The molecule has 9 nitrogen and oxygen atoms in total. The van der Waals surface area contributed by atoms with Gasteiger partial charge in [-0.2, -0.15) is 0 Å². The van der Waals surface area contributed by atoms with Crippen molar-refractivity contribution < 1.29 is 9.72 Å². The number of nitro groups is 1. The second-order valence-electron chi connectivity index (χ2n) is 10.9.